The maximum absolute atomic E-state index is 14.0. The average molecular weight is 649 g/mol. The smallest absolute Gasteiger partial charge is 0.251 e. The predicted octanol–water partition coefficient (Wildman–Crippen LogP) is 3.08. The van der Waals surface area contributed by atoms with E-state index < -0.39 is 24.2 Å². The average Bonchev–Trinajstić information content (AvgIpc) is 3.44. The Labute approximate surface area is 278 Å². The molecule has 3 saturated carbocycles. The molecule has 0 radical (unpaired) electrons. The molecule has 2 heterocycles. The van der Waals surface area contributed by atoms with Crippen molar-refractivity contribution in [2.45, 2.75) is 71.4 Å². The zero-order chi connectivity index (χ0) is 33.3. The third-order valence-corrected chi connectivity index (χ3v) is 11.6. The fourth-order valence-electron chi connectivity index (χ4n) is 8.61. The number of carbonyl (C=O) groups is 2. The second kappa shape index (κ2) is 14.3. The largest absolute Gasteiger partial charge is 0.394 e. The van der Waals surface area contributed by atoms with Crippen molar-refractivity contribution in [3.63, 3.8) is 0 Å². The van der Waals surface area contributed by atoms with E-state index in [0.717, 1.165) is 56.0 Å². The van der Waals surface area contributed by atoms with Gasteiger partial charge >= 0.3 is 0 Å². The second-order valence-electron chi connectivity index (χ2n) is 14.7. The van der Waals surface area contributed by atoms with Crippen LogP contribution in [0.15, 0.2) is 48.5 Å². The molecular weight excluding hydrogens is 596 g/mol. The van der Waals surface area contributed by atoms with Crippen molar-refractivity contribution in [3.8, 4) is 11.1 Å². The van der Waals surface area contributed by atoms with Crippen molar-refractivity contribution in [2.24, 2.45) is 29.1 Å². The van der Waals surface area contributed by atoms with Crippen molar-refractivity contribution in [1.82, 2.24) is 20.6 Å². The maximum atomic E-state index is 14.0. The molecule has 8 atom stereocenters. The number of morpholine rings is 1. The van der Waals surface area contributed by atoms with Gasteiger partial charge in [0, 0.05) is 43.7 Å². The number of ether oxygens (including phenoxy) is 1. The first-order chi connectivity index (χ1) is 22.6. The molecule has 5 fully saturated rings. The third-order valence-electron chi connectivity index (χ3n) is 11.6. The van der Waals surface area contributed by atoms with Crippen LogP contribution in [0.3, 0.4) is 0 Å². The van der Waals surface area contributed by atoms with E-state index in [0.29, 0.717) is 41.8 Å². The third kappa shape index (κ3) is 7.14. The molecule has 2 aromatic rings. The van der Waals surface area contributed by atoms with Gasteiger partial charge in [0.25, 0.3) is 5.91 Å². The monoisotopic (exact) mass is 648 g/mol. The topological polar surface area (TPSA) is 124 Å². The minimum absolute atomic E-state index is 0.0797. The van der Waals surface area contributed by atoms with Gasteiger partial charge in [0.1, 0.15) is 12.1 Å². The molecule has 47 heavy (non-hydrogen) atoms. The lowest BCUT2D eigenvalue weighted by Gasteiger charge is -2.62. The van der Waals surface area contributed by atoms with Crippen molar-refractivity contribution < 1.29 is 29.4 Å². The van der Waals surface area contributed by atoms with Crippen LogP contribution < -0.4 is 10.6 Å². The summed E-state index contributed by atoms with van der Waals surface area (Å²) in [6.45, 7) is 13.2. The van der Waals surface area contributed by atoms with Crippen molar-refractivity contribution in [1.29, 1.82) is 0 Å². The normalized spacial score (nSPS) is 31.1. The highest BCUT2D eigenvalue weighted by molar-refractivity contribution is 5.95. The maximum Gasteiger partial charge on any atom is 0.251 e. The van der Waals surface area contributed by atoms with Crippen LogP contribution in [0.5, 0.6) is 0 Å². The minimum Gasteiger partial charge on any atom is -0.394 e. The van der Waals surface area contributed by atoms with E-state index >= 15 is 0 Å². The van der Waals surface area contributed by atoms with E-state index in [1.807, 2.05) is 48.5 Å². The van der Waals surface area contributed by atoms with Gasteiger partial charge in [-0.3, -0.25) is 19.3 Å². The highest BCUT2D eigenvalue weighted by atomic mass is 16.7. The molecule has 0 spiro atoms. The summed E-state index contributed by atoms with van der Waals surface area (Å²) >= 11 is 0. The highest BCUT2D eigenvalue weighted by Gasteiger charge is 2.57. The summed E-state index contributed by atoms with van der Waals surface area (Å²) in [5, 5.41) is 29.0. The van der Waals surface area contributed by atoms with Crippen LogP contribution in [0, 0.1) is 29.1 Å². The lowest BCUT2D eigenvalue weighted by Crippen LogP contribution is -2.62. The molecular formula is C37H52N4O6. The summed E-state index contributed by atoms with van der Waals surface area (Å²) in [6, 6.07) is 14.9. The number of hydroxylamine groups is 2. The van der Waals surface area contributed by atoms with Crippen LogP contribution >= 0.6 is 0 Å². The Morgan fingerprint density at radius 3 is 2.47 bits per heavy atom. The number of hydrogen-bond donors (Lipinski definition) is 4. The van der Waals surface area contributed by atoms with Gasteiger partial charge in [-0.05, 0) is 77.8 Å². The number of rotatable bonds is 11. The fraction of sp³-hybridized carbons (Fsp3) is 0.622. The molecule has 3 aliphatic carbocycles. The molecule has 2 aromatic carbocycles. The Hall–Kier alpha value is -2.86. The van der Waals surface area contributed by atoms with Crippen LogP contribution in [0.1, 0.15) is 56.5 Å². The molecule has 256 valence electrons. The van der Waals surface area contributed by atoms with Gasteiger partial charge in [-0.2, -0.15) is 5.06 Å². The Kier molecular flexibility index (Phi) is 10.4. The molecule has 0 aromatic heterocycles. The number of carbonyl (C=O) groups excluding carboxylic acids is 2. The van der Waals surface area contributed by atoms with Gasteiger partial charge in [-0.25, -0.2) is 0 Å². The summed E-state index contributed by atoms with van der Waals surface area (Å²) in [5.74, 6) is 0.709. The summed E-state index contributed by atoms with van der Waals surface area (Å²) in [5.41, 5.74) is 3.67. The van der Waals surface area contributed by atoms with Crippen LogP contribution in [0.4, 0.5) is 0 Å². The molecule has 4 N–H and O–H groups in total. The number of benzene rings is 2. The zero-order valence-corrected chi connectivity index (χ0v) is 28.2. The van der Waals surface area contributed by atoms with E-state index in [1.165, 1.54) is 6.42 Å². The first-order valence-electron chi connectivity index (χ1n) is 17.4. The van der Waals surface area contributed by atoms with Gasteiger partial charge in [-0.1, -0.05) is 51.1 Å². The van der Waals surface area contributed by atoms with Crippen LogP contribution in [0.2, 0.25) is 0 Å². The molecule has 5 aliphatic rings. The molecule has 2 amide bonds. The standard InChI is InChI=1S/C37H52N4O6/c1-23-30-19-29(37(30,3)4)20-31(23)39-36(45)34-33(24(2)43)32(22-42)47-41(34)21-25-7-5-8-26(17-25)27-9-6-10-28(18-27)35(44)38-11-12-40-13-15-46-16-14-40/h5-10,17-18,23-24,29-34,42-43H,11-16,19-22H2,1-4H3,(H,38,44)(H,39,45)/t23-,24-,29-,30+,31-,32-,33+,34-/m0/s1. The molecule has 2 saturated heterocycles. The van der Waals surface area contributed by atoms with Crippen molar-refractivity contribution in [3.05, 3.63) is 59.7 Å². The first kappa shape index (κ1) is 34.0. The first-order valence-corrected chi connectivity index (χ1v) is 17.4. The van der Waals surface area contributed by atoms with Gasteiger partial charge in [-0.15, -0.1) is 0 Å². The molecule has 10 heteroatoms. The minimum atomic E-state index is -0.849. The van der Waals surface area contributed by atoms with Gasteiger partial charge < -0.3 is 25.6 Å². The number of fused-ring (bicyclic) bond motifs is 2. The fourth-order valence-corrected chi connectivity index (χ4v) is 8.61. The van der Waals surface area contributed by atoms with Gasteiger partial charge in [0.2, 0.25) is 5.91 Å². The predicted molar refractivity (Wildman–Crippen MR) is 179 cm³/mol. The number of amides is 2. The Balaban J connectivity index is 1.14. The van der Waals surface area contributed by atoms with Gasteiger partial charge in [0.15, 0.2) is 0 Å². The van der Waals surface area contributed by atoms with E-state index in [2.05, 4.69) is 36.3 Å². The van der Waals surface area contributed by atoms with E-state index in [4.69, 9.17) is 9.57 Å². The number of nitrogens with one attached hydrogen (secondary N) is 2. The summed E-state index contributed by atoms with van der Waals surface area (Å²) in [4.78, 5) is 35.4. The van der Waals surface area contributed by atoms with Crippen molar-refractivity contribution in [2.75, 3.05) is 46.0 Å². The van der Waals surface area contributed by atoms with Crippen LogP contribution in [-0.2, 0) is 20.9 Å². The molecule has 0 unspecified atom stereocenters. The Bertz CT molecular complexity index is 1410. The van der Waals surface area contributed by atoms with E-state index in [9.17, 15) is 19.8 Å². The number of aliphatic hydroxyl groups excluding tert-OH is 2. The number of hydrogen-bond acceptors (Lipinski definition) is 8. The number of aliphatic hydroxyl groups is 2. The second-order valence-corrected chi connectivity index (χ2v) is 14.7. The molecule has 10 nitrogen and oxygen atoms in total. The Morgan fingerprint density at radius 2 is 1.79 bits per heavy atom. The van der Waals surface area contributed by atoms with E-state index in [-0.39, 0.29) is 24.5 Å². The van der Waals surface area contributed by atoms with Crippen LogP contribution in [-0.4, -0.2) is 102 Å². The molecule has 7 rings (SSSR count). The summed E-state index contributed by atoms with van der Waals surface area (Å²) < 4.78 is 5.40. The number of nitrogens with zero attached hydrogens (tertiary/aromatic N) is 2. The van der Waals surface area contributed by atoms with Crippen LogP contribution in [0.25, 0.3) is 11.1 Å². The SMILES string of the molecule is C[C@@H]1[C@@H](NC(=O)[C@@H]2[C@H]([C@H](C)O)[C@H](CO)ON2Cc2cccc(-c3cccc(C(=O)NCCN4CCOCC4)c3)c2)C[C@@H]2C[C@H]1C2(C)C. The van der Waals surface area contributed by atoms with E-state index in [1.54, 1.807) is 12.0 Å². The van der Waals surface area contributed by atoms with Crippen molar-refractivity contribution >= 4 is 11.8 Å². The molecule has 2 bridgehead atoms. The lowest BCUT2D eigenvalue weighted by molar-refractivity contribution is -0.183. The molecule has 2 aliphatic heterocycles. The quantitative estimate of drug-likeness (QED) is 0.293. The highest BCUT2D eigenvalue weighted by Crippen LogP contribution is 2.61. The van der Waals surface area contributed by atoms with Gasteiger partial charge in [0.05, 0.1) is 32.5 Å². The Morgan fingerprint density at radius 1 is 1.06 bits per heavy atom. The summed E-state index contributed by atoms with van der Waals surface area (Å²) in [7, 11) is 0. The summed E-state index contributed by atoms with van der Waals surface area (Å²) in [6.07, 6.45) is 0.641. The lowest BCUT2D eigenvalue weighted by atomic mass is 9.45. The zero-order valence-electron chi connectivity index (χ0n) is 28.2.